The summed E-state index contributed by atoms with van der Waals surface area (Å²) in [5.41, 5.74) is 4.24. The zero-order valence-electron chi connectivity index (χ0n) is 19.7. The number of anilines is 1. The van der Waals surface area contributed by atoms with E-state index in [1.54, 1.807) is 43.4 Å². The van der Waals surface area contributed by atoms with Crippen LogP contribution in [-0.2, 0) is 21.4 Å². The molecular weight excluding hydrogens is 436 g/mol. The fourth-order valence-electron chi connectivity index (χ4n) is 3.43. The minimum atomic E-state index is -4.02. The third kappa shape index (κ3) is 5.73. The van der Waals surface area contributed by atoms with E-state index in [-0.39, 0.29) is 17.3 Å². The van der Waals surface area contributed by atoms with E-state index < -0.39 is 10.0 Å². The third-order valence-corrected chi connectivity index (χ3v) is 7.23. The summed E-state index contributed by atoms with van der Waals surface area (Å²) in [7, 11) is -0.866. The highest BCUT2D eigenvalue weighted by molar-refractivity contribution is 7.92. The number of rotatable bonds is 8. The Morgan fingerprint density at radius 2 is 1.39 bits per heavy atom. The van der Waals surface area contributed by atoms with Crippen LogP contribution in [0.3, 0.4) is 0 Å². The lowest BCUT2D eigenvalue weighted by Crippen LogP contribution is -2.41. The van der Waals surface area contributed by atoms with Crippen LogP contribution in [-0.4, -0.2) is 39.9 Å². The van der Waals surface area contributed by atoms with Gasteiger partial charge in [0, 0.05) is 13.6 Å². The number of benzene rings is 3. The lowest BCUT2D eigenvalue weighted by molar-refractivity contribution is -0.128. The smallest absolute Gasteiger partial charge is 0.264 e. The molecule has 0 spiro atoms. The molecule has 3 aromatic carbocycles. The Balaban J connectivity index is 1.98. The summed E-state index contributed by atoms with van der Waals surface area (Å²) in [4.78, 5) is 14.8. The van der Waals surface area contributed by atoms with Crippen LogP contribution in [0.5, 0.6) is 5.75 Å². The number of nitrogens with zero attached hydrogens (tertiary/aromatic N) is 2. The van der Waals surface area contributed by atoms with Crippen LogP contribution < -0.4 is 9.04 Å². The highest BCUT2D eigenvalue weighted by atomic mass is 32.2. The van der Waals surface area contributed by atoms with E-state index in [0.717, 1.165) is 26.6 Å². The fourth-order valence-corrected chi connectivity index (χ4v) is 4.85. The van der Waals surface area contributed by atoms with Gasteiger partial charge < -0.3 is 9.64 Å². The van der Waals surface area contributed by atoms with Gasteiger partial charge in [0.25, 0.3) is 10.0 Å². The number of ether oxygens (including phenoxy) is 1. The predicted octanol–water partition coefficient (Wildman–Crippen LogP) is 4.47. The van der Waals surface area contributed by atoms with Gasteiger partial charge in [0.2, 0.25) is 5.91 Å². The topological polar surface area (TPSA) is 66.9 Å². The molecule has 1 amide bonds. The highest BCUT2D eigenvalue weighted by Crippen LogP contribution is 2.33. The van der Waals surface area contributed by atoms with E-state index in [1.165, 1.54) is 12.0 Å². The van der Waals surface area contributed by atoms with Gasteiger partial charge in [-0.15, -0.1) is 0 Å². The molecule has 0 aromatic heterocycles. The average molecular weight is 467 g/mol. The van der Waals surface area contributed by atoms with E-state index in [4.69, 9.17) is 4.74 Å². The summed E-state index contributed by atoms with van der Waals surface area (Å²) in [6, 6.07) is 19.8. The Bertz CT molecular complexity index is 1220. The zero-order valence-corrected chi connectivity index (χ0v) is 20.5. The maximum atomic E-state index is 13.7. The van der Waals surface area contributed by atoms with Gasteiger partial charge in [0.15, 0.2) is 0 Å². The number of carbonyl (C=O) groups excluding carboxylic acids is 1. The molecule has 0 aliphatic heterocycles. The number of sulfonamides is 1. The number of carbonyl (C=O) groups is 1. The summed E-state index contributed by atoms with van der Waals surface area (Å²) in [5.74, 6) is 0.0556. The molecule has 33 heavy (non-hydrogen) atoms. The van der Waals surface area contributed by atoms with Crippen molar-refractivity contribution >= 4 is 21.6 Å². The predicted molar refractivity (Wildman–Crippen MR) is 131 cm³/mol. The molecule has 0 heterocycles. The molecular formula is C26H30N2O4S. The van der Waals surface area contributed by atoms with Crippen LogP contribution in [0.4, 0.5) is 5.69 Å². The molecule has 0 aliphatic carbocycles. The molecule has 6 nitrogen and oxygen atoms in total. The SMILES string of the molecule is COc1ccc(C)cc1N(CC(=O)N(C)Cc1ccc(C)cc1)S(=O)(=O)c1ccc(C)cc1. The first-order valence-electron chi connectivity index (χ1n) is 10.7. The number of hydrogen-bond donors (Lipinski definition) is 0. The van der Waals surface area contributed by atoms with Crippen molar-refractivity contribution in [2.45, 2.75) is 32.2 Å². The molecule has 0 fully saturated rings. The molecule has 174 valence electrons. The van der Waals surface area contributed by atoms with Gasteiger partial charge in [0.05, 0.1) is 17.7 Å². The Hall–Kier alpha value is -3.32. The van der Waals surface area contributed by atoms with Crippen molar-refractivity contribution in [3.63, 3.8) is 0 Å². The lowest BCUT2D eigenvalue weighted by Gasteiger charge is -2.28. The largest absolute Gasteiger partial charge is 0.495 e. The normalized spacial score (nSPS) is 11.2. The second kappa shape index (κ2) is 10.1. The number of aryl methyl sites for hydroxylation is 3. The fraction of sp³-hybridized carbons (Fsp3) is 0.269. The minimum absolute atomic E-state index is 0.116. The summed E-state index contributed by atoms with van der Waals surface area (Å²) in [5, 5.41) is 0. The molecule has 0 radical (unpaired) electrons. The molecule has 0 atom stereocenters. The van der Waals surface area contributed by atoms with Crippen molar-refractivity contribution < 1.29 is 17.9 Å². The molecule has 0 saturated carbocycles. The molecule has 3 rings (SSSR count). The number of hydrogen-bond acceptors (Lipinski definition) is 4. The average Bonchev–Trinajstić information content (AvgIpc) is 2.79. The number of amides is 1. The van der Waals surface area contributed by atoms with Gasteiger partial charge in [-0.3, -0.25) is 9.10 Å². The van der Waals surface area contributed by atoms with Crippen LogP contribution in [0.15, 0.2) is 71.6 Å². The number of methoxy groups -OCH3 is 1. The molecule has 3 aromatic rings. The number of likely N-dealkylation sites (N-methyl/N-ethyl adjacent to an activating group) is 1. The third-order valence-electron chi connectivity index (χ3n) is 5.46. The van der Waals surface area contributed by atoms with Crippen molar-refractivity contribution in [3.8, 4) is 5.75 Å². The Kier molecular flexibility index (Phi) is 7.43. The highest BCUT2D eigenvalue weighted by Gasteiger charge is 2.30. The Morgan fingerprint density at radius 3 is 1.97 bits per heavy atom. The van der Waals surface area contributed by atoms with Gasteiger partial charge in [-0.05, 0) is 56.2 Å². The minimum Gasteiger partial charge on any atom is -0.495 e. The first-order valence-corrected chi connectivity index (χ1v) is 12.1. The van der Waals surface area contributed by atoms with Gasteiger partial charge in [-0.25, -0.2) is 8.42 Å². The standard InChI is InChI=1S/C26H30N2O4S/c1-19-6-11-22(12-7-19)17-27(4)26(29)18-28(24-16-21(3)10-15-25(24)32-5)33(30,31)23-13-8-20(2)9-14-23/h6-16H,17-18H2,1-5H3. The van der Waals surface area contributed by atoms with E-state index >= 15 is 0 Å². The second-order valence-corrected chi connectivity index (χ2v) is 10.1. The molecule has 0 aliphatic rings. The van der Waals surface area contributed by atoms with Crippen molar-refractivity contribution in [3.05, 3.63) is 89.0 Å². The van der Waals surface area contributed by atoms with Gasteiger partial charge in [-0.1, -0.05) is 53.6 Å². The quantitative estimate of drug-likeness (QED) is 0.491. The van der Waals surface area contributed by atoms with Gasteiger partial charge in [-0.2, -0.15) is 0 Å². The van der Waals surface area contributed by atoms with Crippen molar-refractivity contribution in [1.82, 2.24) is 4.90 Å². The first-order chi connectivity index (χ1) is 15.6. The maximum absolute atomic E-state index is 13.7. The lowest BCUT2D eigenvalue weighted by atomic mass is 10.1. The van der Waals surface area contributed by atoms with Crippen molar-refractivity contribution in [2.75, 3.05) is 25.0 Å². The summed E-state index contributed by atoms with van der Waals surface area (Å²) in [6.07, 6.45) is 0. The molecule has 0 saturated heterocycles. The van der Waals surface area contributed by atoms with Crippen LogP contribution in [0, 0.1) is 20.8 Å². The second-order valence-electron chi connectivity index (χ2n) is 8.24. The van der Waals surface area contributed by atoms with Crippen LogP contribution >= 0.6 is 0 Å². The molecule has 0 bridgehead atoms. The van der Waals surface area contributed by atoms with Crippen LogP contribution in [0.1, 0.15) is 22.3 Å². The van der Waals surface area contributed by atoms with Crippen LogP contribution in [0.25, 0.3) is 0 Å². The van der Waals surface area contributed by atoms with E-state index in [2.05, 4.69) is 0 Å². The first kappa shape index (κ1) is 24.3. The Labute approximate surface area is 196 Å². The van der Waals surface area contributed by atoms with E-state index in [1.807, 2.05) is 51.1 Å². The van der Waals surface area contributed by atoms with Crippen LogP contribution in [0.2, 0.25) is 0 Å². The van der Waals surface area contributed by atoms with Crippen molar-refractivity contribution in [2.24, 2.45) is 0 Å². The molecule has 7 heteroatoms. The van der Waals surface area contributed by atoms with E-state index in [9.17, 15) is 13.2 Å². The summed E-state index contributed by atoms with van der Waals surface area (Å²) < 4.78 is 33.9. The van der Waals surface area contributed by atoms with Gasteiger partial charge in [0.1, 0.15) is 12.3 Å². The maximum Gasteiger partial charge on any atom is 0.264 e. The zero-order chi connectivity index (χ0) is 24.2. The Morgan fingerprint density at radius 1 is 0.848 bits per heavy atom. The summed E-state index contributed by atoms with van der Waals surface area (Å²) in [6.45, 7) is 5.79. The van der Waals surface area contributed by atoms with Crippen molar-refractivity contribution in [1.29, 1.82) is 0 Å². The summed E-state index contributed by atoms with van der Waals surface area (Å²) >= 11 is 0. The molecule has 0 N–H and O–H groups in total. The molecule has 0 unspecified atom stereocenters. The van der Waals surface area contributed by atoms with E-state index in [0.29, 0.717) is 18.0 Å². The van der Waals surface area contributed by atoms with Gasteiger partial charge >= 0.3 is 0 Å². The monoisotopic (exact) mass is 466 g/mol.